The van der Waals surface area contributed by atoms with Gasteiger partial charge >= 0.3 is 6.09 Å². The van der Waals surface area contributed by atoms with E-state index in [9.17, 15) is 9.59 Å². The Kier molecular flexibility index (Phi) is 6.90. The normalized spacial score (nSPS) is 14.7. The Labute approximate surface area is 143 Å². The van der Waals surface area contributed by atoms with Crippen LogP contribution in [0.4, 0.5) is 9.93 Å². The third-order valence-corrected chi connectivity index (χ3v) is 5.21. The molecule has 0 aliphatic carbocycles. The van der Waals surface area contributed by atoms with Gasteiger partial charge in [-0.25, -0.2) is 4.79 Å². The highest BCUT2D eigenvalue weighted by atomic mass is 32.2. The van der Waals surface area contributed by atoms with Gasteiger partial charge in [0, 0.05) is 32.7 Å². The highest BCUT2D eigenvalue weighted by Crippen LogP contribution is 2.25. The van der Waals surface area contributed by atoms with Gasteiger partial charge < -0.3 is 19.9 Å². The van der Waals surface area contributed by atoms with Crippen molar-refractivity contribution < 1.29 is 14.3 Å². The maximum absolute atomic E-state index is 12.2. The SMILES string of the molecule is CCNc1nnc(SCC(=O)N2CCN(C(=O)OCC)CC2)s1. The molecule has 1 aliphatic rings. The first-order valence-corrected chi connectivity index (χ1v) is 9.33. The van der Waals surface area contributed by atoms with Crippen molar-refractivity contribution in [1.82, 2.24) is 20.0 Å². The Bertz CT molecular complexity index is 531. The van der Waals surface area contributed by atoms with Crippen molar-refractivity contribution >= 4 is 40.2 Å². The molecule has 23 heavy (non-hydrogen) atoms. The Morgan fingerprint density at radius 3 is 2.57 bits per heavy atom. The van der Waals surface area contributed by atoms with Crippen LogP contribution in [0.2, 0.25) is 0 Å². The molecule has 0 bridgehead atoms. The van der Waals surface area contributed by atoms with Gasteiger partial charge in [0.2, 0.25) is 11.0 Å². The molecule has 2 rings (SSSR count). The van der Waals surface area contributed by atoms with E-state index in [2.05, 4.69) is 15.5 Å². The first-order chi connectivity index (χ1) is 11.1. The van der Waals surface area contributed by atoms with Gasteiger partial charge in [-0.1, -0.05) is 23.1 Å². The minimum Gasteiger partial charge on any atom is -0.450 e. The van der Waals surface area contributed by atoms with Crippen LogP contribution < -0.4 is 5.32 Å². The van der Waals surface area contributed by atoms with Crippen LogP contribution in [0, 0.1) is 0 Å². The summed E-state index contributed by atoms with van der Waals surface area (Å²) in [7, 11) is 0. The van der Waals surface area contributed by atoms with Gasteiger partial charge in [-0.3, -0.25) is 4.79 Å². The summed E-state index contributed by atoms with van der Waals surface area (Å²) < 4.78 is 5.74. The second kappa shape index (κ2) is 8.92. The standard InChI is InChI=1S/C13H21N5O3S2/c1-3-14-11-15-16-12(23-11)22-9-10(19)17-5-7-18(8-6-17)13(20)21-4-2/h3-9H2,1-2H3,(H,14,15). The largest absolute Gasteiger partial charge is 0.450 e. The van der Waals surface area contributed by atoms with Crippen LogP contribution in [0.5, 0.6) is 0 Å². The summed E-state index contributed by atoms with van der Waals surface area (Å²) in [4.78, 5) is 27.2. The Hall–Kier alpha value is -1.55. The fourth-order valence-electron chi connectivity index (χ4n) is 2.06. The molecule has 10 heteroatoms. The lowest BCUT2D eigenvalue weighted by atomic mass is 10.3. The number of thioether (sulfide) groups is 1. The predicted octanol–water partition coefficient (Wildman–Crippen LogP) is 1.36. The lowest BCUT2D eigenvalue weighted by molar-refractivity contribution is -0.129. The zero-order valence-corrected chi connectivity index (χ0v) is 14.9. The van der Waals surface area contributed by atoms with Crippen molar-refractivity contribution in [3.05, 3.63) is 0 Å². The lowest BCUT2D eigenvalue weighted by Crippen LogP contribution is -2.51. The number of hydrogen-bond donors (Lipinski definition) is 1. The van der Waals surface area contributed by atoms with Gasteiger partial charge in [-0.15, -0.1) is 10.2 Å². The number of nitrogens with zero attached hydrogens (tertiary/aromatic N) is 4. The maximum Gasteiger partial charge on any atom is 0.409 e. The monoisotopic (exact) mass is 359 g/mol. The van der Waals surface area contributed by atoms with E-state index in [0.29, 0.717) is 38.5 Å². The third-order valence-electron chi connectivity index (χ3n) is 3.21. The Morgan fingerprint density at radius 2 is 1.91 bits per heavy atom. The number of rotatable bonds is 6. The molecule has 0 radical (unpaired) electrons. The number of carbonyl (C=O) groups is 2. The lowest BCUT2D eigenvalue weighted by Gasteiger charge is -2.33. The topological polar surface area (TPSA) is 87.7 Å². The van der Waals surface area contributed by atoms with Crippen molar-refractivity contribution in [2.45, 2.75) is 18.2 Å². The molecule has 0 saturated carbocycles. The van der Waals surface area contributed by atoms with Crippen molar-refractivity contribution in [3.8, 4) is 0 Å². The summed E-state index contributed by atoms with van der Waals surface area (Å²) in [5.41, 5.74) is 0. The molecule has 1 saturated heterocycles. The van der Waals surface area contributed by atoms with Crippen LogP contribution >= 0.6 is 23.1 Å². The van der Waals surface area contributed by atoms with E-state index in [4.69, 9.17) is 4.74 Å². The molecule has 0 aromatic carbocycles. The number of ether oxygens (including phenoxy) is 1. The van der Waals surface area contributed by atoms with E-state index >= 15 is 0 Å². The van der Waals surface area contributed by atoms with E-state index in [1.807, 2.05) is 6.92 Å². The zero-order valence-electron chi connectivity index (χ0n) is 13.3. The molecule has 2 heterocycles. The summed E-state index contributed by atoms with van der Waals surface area (Å²) in [6.07, 6.45) is -0.307. The van der Waals surface area contributed by atoms with Gasteiger partial charge in [0.15, 0.2) is 4.34 Å². The quantitative estimate of drug-likeness (QED) is 0.767. The number of nitrogens with one attached hydrogen (secondary N) is 1. The zero-order chi connectivity index (χ0) is 16.7. The first kappa shape index (κ1) is 17.8. The molecule has 0 atom stereocenters. The van der Waals surface area contributed by atoms with Crippen LogP contribution in [0.3, 0.4) is 0 Å². The van der Waals surface area contributed by atoms with E-state index in [1.54, 1.807) is 16.7 Å². The van der Waals surface area contributed by atoms with Crippen LogP contribution in [0.1, 0.15) is 13.8 Å². The molecule has 1 fully saturated rings. The molecule has 1 aliphatic heterocycles. The van der Waals surface area contributed by atoms with Crippen LogP contribution in [-0.4, -0.2) is 77.1 Å². The molecule has 1 N–H and O–H groups in total. The van der Waals surface area contributed by atoms with Crippen molar-refractivity contribution in [1.29, 1.82) is 0 Å². The number of anilines is 1. The fraction of sp³-hybridized carbons (Fsp3) is 0.692. The molecule has 8 nitrogen and oxygen atoms in total. The highest BCUT2D eigenvalue weighted by Gasteiger charge is 2.24. The minimum atomic E-state index is -0.307. The van der Waals surface area contributed by atoms with Gasteiger partial charge in [-0.2, -0.15) is 0 Å². The number of piperazine rings is 1. The maximum atomic E-state index is 12.2. The number of amides is 2. The second-order valence-corrected chi connectivity index (χ2v) is 6.96. The van der Waals surface area contributed by atoms with E-state index in [-0.39, 0.29) is 12.0 Å². The van der Waals surface area contributed by atoms with Gasteiger partial charge in [0.05, 0.1) is 12.4 Å². The molecule has 0 unspecified atom stereocenters. The van der Waals surface area contributed by atoms with E-state index < -0.39 is 0 Å². The summed E-state index contributed by atoms with van der Waals surface area (Å²) in [5, 5.41) is 11.9. The number of hydrogen-bond acceptors (Lipinski definition) is 8. The van der Waals surface area contributed by atoms with Crippen molar-refractivity contribution in [3.63, 3.8) is 0 Å². The van der Waals surface area contributed by atoms with Crippen LogP contribution in [-0.2, 0) is 9.53 Å². The molecular formula is C13H21N5O3S2. The average Bonchev–Trinajstić information content (AvgIpc) is 3.01. The van der Waals surface area contributed by atoms with Crippen molar-refractivity contribution in [2.24, 2.45) is 0 Å². The van der Waals surface area contributed by atoms with E-state index in [0.717, 1.165) is 16.0 Å². The summed E-state index contributed by atoms with van der Waals surface area (Å²) in [6.45, 7) is 7.04. The van der Waals surface area contributed by atoms with Gasteiger partial charge in [0.1, 0.15) is 0 Å². The molecular weight excluding hydrogens is 338 g/mol. The Balaban J connectivity index is 1.73. The average molecular weight is 359 g/mol. The smallest absolute Gasteiger partial charge is 0.409 e. The first-order valence-electron chi connectivity index (χ1n) is 7.53. The molecule has 128 valence electrons. The van der Waals surface area contributed by atoms with Crippen LogP contribution in [0.15, 0.2) is 4.34 Å². The third kappa shape index (κ3) is 5.24. The van der Waals surface area contributed by atoms with Crippen LogP contribution in [0.25, 0.3) is 0 Å². The number of aromatic nitrogens is 2. The highest BCUT2D eigenvalue weighted by molar-refractivity contribution is 8.01. The predicted molar refractivity (Wildman–Crippen MR) is 90.0 cm³/mol. The van der Waals surface area contributed by atoms with Gasteiger partial charge in [-0.05, 0) is 13.8 Å². The minimum absolute atomic E-state index is 0.0544. The molecule has 1 aromatic heterocycles. The van der Waals surface area contributed by atoms with Gasteiger partial charge in [0.25, 0.3) is 0 Å². The molecule has 0 spiro atoms. The Morgan fingerprint density at radius 1 is 1.22 bits per heavy atom. The number of carbonyl (C=O) groups excluding carboxylic acids is 2. The summed E-state index contributed by atoms with van der Waals surface area (Å²) >= 11 is 2.84. The second-order valence-electron chi connectivity index (χ2n) is 4.76. The van der Waals surface area contributed by atoms with Crippen molar-refractivity contribution in [2.75, 3.05) is 50.4 Å². The molecule has 2 amide bonds. The molecule has 1 aromatic rings. The fourth-order valence-corrected chi connectivity index (χ4v) is 3.78. The summed E-state index contributed by atoms with van der Waals surface area (Å²) in [5.74, 6) is 0.388. The summed E-state index contributed by atoms with van der Waals surface area (Å²) in [6, 6.07) is 0. The van der Waals surface area contributed by atoms with E-state index in [1.165, 1.54) is 23.1 Å².